The van der Waals surface area contributed by atoms with E-state index in [0.717, 1.165) is 51.6 Å². The van der Waals surface area contributed by atoms with Gasteiger partial charge in [-0.25, -0.2) is 0 Å². The van der Waals surface area contributed by atoms with E-state index >= 15 is 0 Å². The average molecular weight is 482 g/mol. The minimum Gasteiger partial charge on any atom is -0.466 e. The van der Waals surface area contributed by atoms with Gasteiger partial charge in [0.2, 0.25) is 0 Å². The van der Waals surface area contributed by atoms with Crippen molar-refractivity contribution in [2.75, 3.05) is 60.1 Å². The summed E-state index contributed by atoms with van der Waals surface area (Å²) in [6, 6.07) is 0.526. The monoisotopic (exact) mass is 482 g/mol. The number of halogens is 1. The number of nitrogens with one attached hydrogen (secondary N) is 1. The fourth-order valence-corrected chi connectivity index (χ4v) is 3.79. The van der Waals surface area contributed by atoms with Crippen LogP contribution in [-0.4, -0.2) is 87.9 Å². The molecule has 7 nitrogen and oxygen atoms in total. The molecule has 0 spiro atoms. The number of carbonyl (C=O) groups is 1. The third-order valence-corrected chi connectivity index (χ3v) is 5.13. The third kappa shape index (κ3) is 6.84. The number of carbonyl (C=O) groups excluding carboxylic acids is 1. The van der Waals surface area contributed by atoms with E-state index in [2.05, 4.69) is 20.1 Å². The van der Waals surface area contributed by atoms with E-state index < -0.39 is 0 Å². The van der Waals surface area contributed by atoms with Crippen LogP contribution in [0.5, 0.6) is 0 Å². The van der Waals surface area contributed by atoms with E-state index in [0.29, 0.717) is 19.2 Å². The number of likely N-dealkylation sites (tertiary alicyclic amines) is 2. The van der Waals surface area contributed by atoms with E-state index in [1.807, 2.05) is 14.0 Å². The van der Waals surface area contributed by atoms with Crippen LogP contribution in [0.1, 0.15) is 32.6 Å². The maximum absolute atomic E-state index is 12.0. The highest BCUT2D eigenvalue weighted by Gasteiger charge is 2.29. The quantitative estimate of drug-likeness (QED) is 0.257. The van der Waals surface area contributed by atoms with Crippen LogP contribution < -0.4 is 5.32 Å². The van der Waals surface area contributed by atoms with Gasteiger partial charge in [-0.2, -0.15) is 0 Å². The molecule has 8 heteroatoms. The molecule has 2 aliphatic heterocycles. The Bertz CT molecular complexity index is 450. The second-order valence-corrected chi connectivity index (χ2v) is 6.79. The third-order valence-electron chi connectivity index (χ3n) is 5.13. The predicted octanol–water partition coefficient (Wildman–Crippen LogP) is 1.57. The summed E-state index contributed by atoms with van der Waals surface area (Å²) in [7, 11) is 3.56. The van der Waals surface area contributed by atoms with E-state index in [9.17, 15) is 4.79 Å². The molecule has 152 valence electrons. The molecule has 0 aliphatic carbocycles. The summed E-state index contributed by atoms with van der Waals surface area (Å²) in [6.45, 7) is 7.72. The fourth-order valence-electron chi connectivity index (χ4n) is 3.79. The van der Waals surface area contributed by atoms with E-state index in [4.69, 9.17) is 9.47 Å². The zero-order valence-electron chi connectivity index (χ0n) is 16.4. The number of ether oxygens (including phenoxy) is 2. The molecule has 0 aromatic rings. The SMILES string of the molecule is CCOC(=O)C1CCCN(C(=NC)NCC2CCCN2CCOC)C1.I. The summed E-state index contributed by atoms with van der Waals surface area (Å²) in [6.07, 6.45) is 4.34. The van der Waals surface area contributed by atoms with Gasteiger partial charge in [0.15, 0.2) is 5.96 Å². The van der Waals surface area contributed by atoms with Gasteiger partial charge in [-0.3, -0.25) is 14.7 Å². The highest BCUT2D eigenvalue weighted by Crippen LogP contribution is 2.19. The van der Waals surface area contributed by atoms with Gasteiger partial charge in [0.05, 0.1) is 19.1 Å². The lowest BCUT2D eigenvalue weighted by molar-refractivity contribution is -0.149. The lowest BCUT2D eigenvalue weighted by atomic mass is 9.98. The van der Waals surface area contributed by atoms with E-state index in [-0.39, 0.29) is 35.9 Å². The zero-order chi connectivity index (χ0) is 18.1. The van der Waals surface area contributed by atoms with Gasteiger partial charge in [0.1, 0.15) is 0 Å². The number of rotatable bonds is 7. The molecule has 2 saturated heterocycles. The predicted molar refractivity (Wildman–Crippen MR) is 114 cm³/mol. The maximum atomic E-state index is 12.0. The highest BCUT2D eigenvalue weighted by molar-refractivity contribution is 14.0. The van der Waals surface area contributed by atoms with Crippen molar-refractivity contribution in [2.24, 2.45) is 10.9 Å². The number of esters is 1. The minimum absolute atomic E-state index is 0. The lowest BCUT2D eigenvalue weighted by Gasteiger charge is -2.35. The molecule has 1 N–H and O–H groups in total. The average Bonchev–Trinajstić information content (AvgIpc) is 3.08. The van der Waals surface area contributed by atoms with Gasteiger partial charge in [0.25, 0.3) is 0 Å². The first kappa shape index (κ1) is 23.4. The lowest BCUT2D eigenvalue weighted by Crippen LogP contribution is -2.51. The topological polar surface area (TPSA) is 66.4 Å². The summed E-state index contributed by atoms with van der Waals surface area (Å²) < 4.78 is 10.4. The fraction of sp³-hybridized carbons (Fsp3) is 0.889. The summed E-state index contributed by atoms with van der Waals surface area (Å²) >= 11 is 0. The Morgan fingerprint density at radius 1 is 1.27 bits per heavy atom. The first-order chi connectivity index (χ1) is 12.2. The highest BCUT2D eigenvalue weighted by atomic mass is 127. The Labute approximate surface area is 174 Å². The number of aliphatic imine (C=N–C) groups is 1. The molecule has 0 amide bonds. The number of hydrogen-bond donors (Lipinski definition) is 1. The Morgan fingerprint density at radius 3 is 2.73 bits per heavy atom. The van der Waals surface area contributed by atoms with Crippen molar-refractivity contribution in [3.63, 3.8) is 0 Å². The van der Waals surface area contributed by atoms with Crippen LogP contribution in [0.3, 0.4) is 0 Å². The maximum Gasteiger partial charge on any atom is 0.310 e. The smallest absolute Gasteiger partial charge is 0.310 e. The molecule has 2 atom stereocenters. The van der Waals surface area contributed by atoms with Gasteiger partial charge in [0, 0.05) is 46.4 Å². The molecule has 2 rings (SSSR count). The van der Waals surface area contributed by atoms with Crippen LogP contribution in [0.25, 0.3) is 0 Å². The Morgan fingerprint density at radius 2 is 2.04 bits per heavy atom. The van der Waals surface area contributed by atoms with E-state index in [1.165, 1.54) is 12.8 Å². The number of hydrogen-bond acceptors (Lipinski definition) is 5. The molecule has 0 aromatic heterocycles. The molecule has 2 aliphatic rings. The largest absolute Gasteiger partial charge is 0.466 e. The number of guanidine groups is 1. The first-order valence-corrected chi connectivity index (χ1v) is 9.54. The second-order valence-electron chi connectivity index (χ2n) is 6.79. The summed E-state index contributed by atoms with van der Waals surface area (Å²) in [4.78, 5) is 21.2. The van der Waals surface area contributed by atoms with Crippen LogP contribution in [-0.2, 0) is 14.3 Å². The molecular weight excluding hydrogens is 447 g/mol. The molecule has 2 heterocycles. The Hall–Kier alpha value is -0.610. The van der Waals surface area contributed by atoms with Gasteiger partial charge in [-0.15, -0.1) is 24.0 Å². The van der Waals surface area contributed by atoms with Crippen molar-refractivity contribution >= 4 is 35.9 Å². The molecule has 0 saturated carbocycles. The number of methoxy groups -OCH3 is 1. The molecule has 2 fully saturated rings. The standard InChI is InChI=1S/C18H34N4O3.HI/c1-4-25-17(23)15-7-5-10-22(14-15)18(19-2)20-13-16-8-6-9-21(16)11-12-24-3;/h15-16H,4-14H2,1-3H3,(H,19,20);1H. The van der Waals surface area contributed by atoms with Crippen LogP contribution in [0.15, 0.2) is 4.99 Å². The molecule has 0 aromatic carbocycles. The molecule has 0 bridgehead atoms. The number of nitrogens with zero attached hydrogens (tertiary/aromatic N) is 3. The Kier molecular flexibility index (Phi) is 11.5. The Balaban J connectivity index is 0.00000338. The first-order valence-electron chi connectivity index (χ1n) is 9.54. The van der Waals surface area contributed by atoms with Crippen molar-refractivity contribution in [3.05, 3.63) is 0 Å². The summed E-state index contributed by atoms with van der Waals surface area (Å²) in [5, 5.41) is 3.52. The van der Waals surface area contributed by atoms with Crippen LogP contribution in [0, 0.1) is 5.92 Å². The molecule has 26 heavy (non-hydrogen) atoms. The van der Waals surface area contributed by atoms with Gasteiger partial charge in [-0.05, 0) is 39.2 Å². The van der Waals surface area contributed by atoms with Gasteiger partial charge >= 0.3 is 5.97 Å². The van der Waals surface area contributed by atoms with Gasteiger partial charge in [-0.1, -0.05) is 0 Å². The second kappa shape index (κ2) is 12.7. The number of piperidine rings is 1. The summed E-state index contributed by atoms with van der Waals surface area (Å²) in [5.74, 6) is 0.772. The van der Waals surface area contributed by atoms with Crippen molar-refractivity contribution in [1.82, 2.24) is 15.1 Å². The van der Waals surface area contributed by atoms with Crippen molar-refractivity contribution < 1.29 is 14.3 Å². The normalized spacial score (nSPS) is 24.3. The van der Waals surface area contributed by atoms with Crippen molar-refractivity contribution in [1.29, 1.82) is 0 Å². The molecular formula is C18H35IN4O3. The zero-order valence-corrected chi connectivity index (χ0v) is 18.7. The van der Waals surface area contributed by atoms with Crippen molar-refractivity contribution in [3.8, 4) is 0 Å². The van der Waals surface area contributed by atoms with Crippen LogP contribution >= 0.6 is 24.0 Å². The molecule has 0 radical (unpaired) electrons. The van der Waals surface area contributed by atoms with Crippen LogP contribution in [0.4, 0.5) is 0 Å². The molecule has 2 unspecified atom stereocenters. The van der Waals surface area contributed by atoms with Crippen LogP contribution in [0.2, 0.25) is 0 Å². The van der Waals surface area contributed by atoms with Crippen molar-refractivity contribution in [2.45, 2.75) is 38.6 Å². The van der Waals surface area contributed by atoms with Gasteiger partial charge < -0.3 is 19.7 Å². The summed E-state index contributed by atoms with van der Waals surface area (Å²) in [5.41, 5.74) is 0. The van der Waals surface area contributed by atoms with E-state index in [1.54, 1.807) is 7.11 Å². The minimum atomic E-state index is -0.0795.